The van der Waals surface area contributed by atoms with E-state index >= 15 is 0 Å². The van der Waals surface area contributed by atoms with Crippen molar-refractivity contribution in [3.63, 3.8) is 0 Å². The Labute approximate surface area is 97.4 Å². The quantitative estimate of drug-likeness (QED) is 0.668. The number of rotatable bonds is 2. The van der Waals surface area contributed by atoms with Crippen LogP contribution in [0.1, 0.15) is 38.5 Å². The predicted molar refractivity (Wildman–Crippen MR) is 63.9 cm³/mol. The van der Waals surface area contributed by atoms with E-state index in [0.29, 0.717) is 5.92 Å². The Balaban J connectivity index is 1.87. The van der Waals surface area contributed by atoms with E-state index in [2.05, 4.69) is 18.2 Å². The Morgan fingerprint density at radius 3 is 2.62 bits per heavy atom. The number of hydrogen-bond acceptors (Lipinski definition) is 2. The zero-order valence-corrected chi connectivity index (χ0v) is 9.95. The van der Waals surface area contributed by atoms with Crippen LogP contribution in [0, 0.1) is 11.8 Å². The van der Waals surface area contributed by atoms with E-state index in [1.54, 1.807) is 5.57 Å². The molecule has 16 heavy (non-hydrogen) atoms. The molecule has 0 spiro atoms. The lowest BCUT2D eigenvalue weighted by Crippen LogP contribution is -2.23. The highest BCUT2D eigenvalue weighted by atomic mass is 16.5. The third-order valence-electron chi connectivity index (χ3n) is 3.83. The van der Waals surface area contributed by atoms with E-state index in [4.69, 9.17) is 4.74 Å². The van der Waals surface area contributed by atoms with E-state index in [0.717, 1.165) is 25.7 Å². The Bertz CT molecular complexity index is 307. The van der Waals surface area contributed by atoms with Gasteiger partial charge in [-0.3, -0.25) is 4.79 Å². The number of hydrogen-bond donors (Lipinski definition) is 0. The van der Waals surface area contributed by atoms with Gasteiger partial charge in [0, 0.05) is 0 Å². The standard InChI is InChI=1S/C14H20O2/c1-16-14(15)13-9-7-12(8-10-13)11-5-3-2-4-6-11/h2-3,5,12-13H,4,6-10H2,1H3. The number of ether oxygens (including phenoxy) is 1. The Morgan fingerprint density at radius 1 is 1.31 bits per heavy atom. The van der Waals surface area contributed by atoms with Crippen molar-refractivity contribution in [2.45, 2.75) is 38.5 Å². The Kier molecular flexibility index (Phi) is 3.81. The van der Waals surface area contributed by atoms with Gasteiger partial charge < -0.3 is 4.74 Å². The van der Waals surface area contributed by atoms with Crippen molar-refractivity contribution < 1.29 is 9.53 Å². The van der Waals surface area contributed by atoms with E-state index in [1.807, 2.05) is 0 Å². The minimum Gasteiger partial charge on any atom is -0.469 e. The van der Waals surface area contributed by atoms with Gasteiger partial charge in [-0.25, -0.2) is 0 Å². The maximum atomic E-state index is 11.4. The molecule has 0 radical (unpaired) electrons. The highest BCUT2D eigenvalue weighted by molar-refractivity contribution is 5.72. The Morgan fingerprint density at radius 2 is 2.06 bits per heavy atom. The molecule has 0 saturated heterocycles. The fraction of sp³-hybridized carbons (Fsp3) is 0.643. The van der Waals surface area contributed by atoms with Gasteiger partial charge in [-0.1, -0.05) is 23.8 Å². The number of allylic oxidation sites excluding steroid dienone is 4. The number of methoxy groups -OCH3 is 1. The summed E-state index contributed by atoms with van der Waals surface area (Å²) < 4.78 is 4.81. The number of carbonyl (C=O) groups excluding carboxylic acids is 1. The molecule has 0 N–H and O–H groups in total. The fourth-order valence-electron chi connectivity index (χ4n) is 2.83. The molecule has 0 aliphatic heterocycles. The molecule has 0 heterocycles. The summed E-state index contributed by atoms with van der Waals surface area (Å²) in [7, 11) is 1.49. The number of carbonyl (C=O) groups is 1. The van der Waals surface area contributed by atoms with Crippen LogP contribution in [0.3, 0.4) is 0 Å². The third-order valence-corrected chi connectivity index (χ3v) is 3.83. The molecular weight excluding hydrogens is 200 g/mol. The van der Waals surface area contributed by atoms with Crippen LogP contribution in [-0.4, -0.2) is 13.1 Å². The molecule has 2 rings (SSSR count). The molecule has 2 nitrogen and oxygen atoms in total. The van der Waals surface area contributed by atoms with Crippen molar-refractivity contribution in [1.82, 2.24) is 0 Å². The summed E-state index contributed by atoms with van der Waals surface area (Å²) in [6, 6.07) is 0. The molecule has 1 fully saturated rings. The fourth-order valence-corrected chi connectivity index (χ4v) is 2.83. The summed E-state index contributed by atoms with van der Waals surface area (Å²) in [5.41, 5.74) is 1.59. The van der Waals surface area contributed by atoms with Crippen LogP contribution in [-0.2, 0) is 9.53 Å². The first-order chi connectivity index (χ1) is 7.81. The average molecular weight is 220 g/mol. The summed E-state index contributed by atoms with van der Waals surface area (Å²) in [6.07, 6.45) is 13.4. The lowest BCUT2D eigenvalue weighted by Gasteiger charge is -2.29. The van der Waals surface area contributed by atoms with Gasteiger partial charge in [0.15, 0.2) is 0 Å². The van der Waals surface area contributed by atoms with Gasteiger partial charge >= 0.3 is 5.97 Å². The largest absolute Gasteiger partial charge is 0.469 e. The van der Waals surface area contributed by atoms with Gasteiger partial charge in [0.1, 0.15) is 0 Å². The zero-order valence-electron chi connectivity index (χ0n) is 9.95. The first-order valence-corrected chi connectivity index (χ1v) is 6.24. The van der Waals surface area contributed by atoms with Crippen molar-refractivity contribution >= 4 is 5.97 Å². The van der Waals surface area contributed by atoms with Gasteiger partial charge in [0.05, 0.1) is 13.0 Å². The SMILES string of the molecule is COC(=O)C1CCC(C2=CC=CCC2)CC1. The molecular formula is C14H20O2. The highest BCUT2D eigenvalue weighted by Crippen LogP contribution is 2.36. The molecule has 1 saturated carbocycles. The van der Waals surface area contributed by atoms with Crippen LogP contribution in [0.15, 0.2) is 23.8 Å². The van der Waals surface area contributed by atoms with Gasteiger partial charge in [0.2, 0.25) is 0 Å². The summed E-state index contributed by atoms with van der Waals surface area (Å²) in [5, 5.41) is 0. The van der Waals surface area contributed by atoms with E-state index in [1.165, 1.54) is 20.0 Å². The van der Waals surface area contributed by atoms with Crippen molar-refractivity contribution in [3.05, 3.63) is 23.8 Å². The van der Waals surface area contributed by atoms with Gasteiger partial charge in [-0.2, -0.15) is 0 Å². The van der Waals surface area contributed by atoms with Crippen LogP contribution < -0.4 is 0 Å². The molecule has 88 valence electrons. The van der Waals surface area contributed by atoms with Crippen LogP contribution in [0.25, 0.3) is 0 Å². The lowest BCUT2D eigenvalue weighted by molar-refractivity contribution is -0.146. The van der Waals surface area contributed by atoms with Crippen molar-refractivity contribution in [2.24, 2.45) is 11.8 Å². The minimum absolute atomic E-state index is 0.0176. The van der Waals surface area contributed by atoms with Crippen molar-refractivity contribution in [3.8, 4) is 0 Å². The lowest BCUT2D eigenvalue weighted by atomic mass is 9.76. The smallest absolute Gasteiger partial charge is 0.308 e. The normalized spacial score (nSPS) is 29.7. The average Bonchev–Trinajstić information content (AvgIpc) is 2.39. The van der Waals surface area contributed by atoms with Crippen LogP contribution in [0.5, 0.6) is 0 Å². The summed E-state index contributed by atoms with van der Waals surface area (Å²) in [4.78, 5) is 11.4. The first-order valence-electron chi connectivity index (χ1n) is 6.24. The van der Waals surface area contributed by atoms with E-state index in [-0.39, 0.29) is 11.9 Å². The van der Waals surface area contributed by atoms with E-state index < -0.39 is 0 Å². The Hall–Kier alpha value is -1.05. The van der Waals surface area contributed by atoms with Crippen LogP contribution in [0.2, 0.25) is 0 Å². The van der Waals surface area contributed by atoms with E-state index in [9.17, 15) is 4.79 Å². The summed E-state index contributed by atoms with van der Waals surface area (Å²) in [6.45, 7) is 0. The molecule has 0 aromatic heterocycles. The molecule has 2 heteroatoms. The summed E-state index contributed by atoms with van der Waals surface area (Å²) in [5.74, 6) is 0.850. The maximum Gasteiger partial charge on any atom is 0.308 e. The second-order valence-corrected chi connectivity index (χ2v) is 4.78. The van der Waals surface area contributed by atoms with Gasteiger partial charge in [-0.05, 0) is 44.4 Å². The molecule has 2 aliphatic rings. The topological polar surface area (TPSA) is 26.3 Å². The third kappa shape index (κ3) is 2.55. The van der Waals surface area contributed by atoms with Crippen molar-refractivity contribution in [1.29, 1.82) is 0 Å². The molecule has 0 amide bonds. The molecule has 0 aromatic rings. The predicted octanol–water partition coefficient (Wildman–Crippen LogP) is 3.24. The second-order valence-electron chi connectivity index (χ2n) is 4.78. The molecule has 0 bridgehead atoms. The molecule has 0 unspecified atom stereocenters. The van der Waals surface area contributed by atoms with Gasteiger partial charge in [-0.15, -0.1) is 0 Å². The maximum absolute atomic E-state index is 11.4. The molecule has 0 aromatic carbocycles. The van der Waals surface area contributed by atoms with Crippen LogP contribution >= 0.6 is 0 Å². The minimum atomic E-state index is -0.0176. The zero-order chi connectivity index (χ0) is 11.4. The summed E-state index contributed by atoms with van der Waals surface area (Å²) >= 11 is 0. The highest BCUT2D eigenvalue weighted by Gasteiger charge is 2.28. The second kappa shape index (κ2) is 5.33. The monoisotopic (exact) mass is 220 g/mol. The van der Waals surface area contributed by atoms with Crippen LogP contribution in [0.4, 0.5) is 0 Å². The molecule has 0 atom stereocenters. The number of esters is 1. The first kappa shape index (κ1) is 11.4. The van der Waals surface area contributed by atoms with Gasteiger partial charge in [0.25, 0.3) is 0 Å². The molecule has 2 aliphatic carbocycles. The van der Waals surface area contributed by atoms with Crippen molar-refractivity contribution in [2.75, 3.05) is 7.11 Å².